The van der Waals surface area contributed by atoms with Crippen LogP contribution in [0.3, 0.4) is 0 Å². The Morgan fingerprint density at radius 2 is 2.20 bits per heavy atom. The highest BCUT2D eigenvalue weighted by Gasteiger charge is 2.26. The van der Waals surface area contributed by atoms with Gasteiger partial charge in [-0.15, -0.1) is 0 Å². The molecule has 0 aliphatic heterocycles. The minimum absolute atomic E-state index is 0.331. The maximum Gasteiger partial charge on any atom is 0.101 e. The molecule has 1 aliphatic carbocycles. The van der Waals surface area contributed by atoms with Crippen LogP contribution in [-0.2, 0) is 0 Å². The third-order valence-electron chi connectivity index (χ3n) is 2.83. The number of nitrogens with zero attached hydrogens (tertiary/aromatic N) is 1. The van der Waals surface area contributed by atoms with E-state index < -0.39 is 0 Å². The van der Waals surface area contributed by atoms with Gasteiger partial charge in [0.05, 0.1) is 11.3 Å². The molecule has 0 bridgehead atoms. The lowest BCUT2D eigenvalue weighted by atomic mass is 9.87. The molecule has 78 valence electrons. The van der Waals surface area contributed by atoms with Gasteiger partial charge in [0.1, 0.15) is 6.07 Å². The Labute approximate surface area is 89.9 Å². The molecule has 0 atom stereocenters. The second kappa shape index (κ2) is 3.92. The van der Waals surface area contributed by atoms with E-state index in [4.69, 9.17) is 11.0 Å². The summed E-state index contributed by atoms with van der Waals surface area (Å²) < 4.78 is 0. The standard InChI is InChI=1S/C12H15N3/c1-8-2-3-9(7-13)12(4-8)15-11-5-10(14)6-11/h2-4,10-11,15H,5-6,14H2,1H3. The molecule has 1 aromatic carbocycles. The van der Waals surface area contributed by atoms with E-state index in [1.807, 2.05) is 25.1 Å². The maximum atomic E-state index is 8.95. The van der Waals surface area contributed by atoms with Crippen molar-refractivity contribution in [2.45, 2.75) is 31.8 Å². The van der Waals surface area contributed by atoms with Gasteiger partial charge in [-0.1, -0.05) is 6.07 Å². The lowest BCUT2D eigenvalue weighted by Crippen LogP contribution is -2.44. The van der Waals surface area contributed by atoms with Crippen LogP contribution in [0.2, 0.25) is 0 Å². The highest BCUT2D eigenvalue weighted by Crippen LogP contribution is 2.25. The highest BCUT2D eigenvalue weighted by atomic mass is 15.0. The van der Waals surface area contributed by atoms with Crippen LogP contribution >= 0.6 is 0 Å². The first-order chi connectivity index (χ1) is 7.19. The summed E-state index contributed by atoms with van der Waals surface area (Å²) in [5, 5.41) is 12.3. The fourth-order valence-electron chi connectivity index (χ4n) is 1.87. The molecule has 3 heteroatoms. The summed E-state index contributed by atoms with van der Waals surface area (Å²) in [4.78, 5) is 0. The molecule has 0 aromatic heterocycles. The van der Waals surface area contributed by atoms with Crippen LogP contribution in [0.1, 0.15) is 24.0 Å². The number of nitrogens with two attached hydrogens (primary N) is 1. The Bertz CT molecular complexity index is 400. The molecule has 0 radical (unpaired) electrons. The van der Waals surface area contributed by atoms with Gasteiger partial charge in [0.2, 0.25) is 0 Å². The molecule has 1 aliphatic rings. The molecule has 0 saturated heterocycles. The lowest BCUT2D eigenvalue weighted by Gasteiger charge is -2.34. The molecule has 0 unspecified atom stereocenters. The number of hydrogen-bond acceptors (Lipinski definition) is 3. The third kappa shape index (κ3) is 2.11. The maximum absolute atomic E-state index is 8.95. The summed E-state index contributed by atoms with van der Waals surface area (Å²) in [5.74, 6) is 0. The van der Waals surface area contributed by atoms with Crippen molar-refractivity contribution < 1.29 is 0 Å². The molecule has 1 saturated carbocycles. The van der Waals surface area contributed by atoms with Crippen LogP contribution in [0.5, 0.6) is 0 Å². The Morgan fingerprint density at radius 3 is 2.80 bits per heavy atom. The number of anilines is 1. The van der Waals surface area contributed by atoms with Crippen molar-refractivity contribution in [2.75, 3.05) is 5.32 Å². The average molecular weight is 201 g/mol. The van der Waals surface area contributed by atoms with E-state index in [9.17, 15) is 0 Å². The molecular formula is C12H15N3. The predicted molar refractivity (Wildman–Crippen MR) is 60.5 cm³/mol. The zero-order valence-electron chi connectivity index (χ0n) is 8.83. The van der Waals surface area contributed by atoms with Crippen LogP contribution in [0.4, 0.5) is 5.69 Å². The van der Waals surface area contributed by atoms with Crippen LogP contribution in [0.25, 0.3) is 0 Å². The minimum atomic E-state index is 0.331. The number of rotatable bonds is 2. The molecule has 0 amide bonds. The SMILES string of the molecule is Cc1ccc(C#N)c(NC2CC(N)C2)c1. The quantitative estimate of drug-likeness (QED) is 0.766. The van der Waals surface area contributed by atoms with Crippen molar-refractivity contribution in [3.63, 3.8) is 0 Å². The molecule has 1 fully saturated rings. The average Bonchev–Trinajstić information content (AvgIpc) is 2.16. The number of aryl methyl sites for hydroxylation is 1. The van der Waals surface area contributed by atoms with Crippen molar-refractivity contribution in [1.82, 2.24) is 0 Å². The highest BCUT2D eigenvalue weighted by molar-refractivity contribution is 5.59. The first kappa shape index (κ1) is 10.0. The van der Waals surface area contributed by atoms with Crippen LogP contribution in [0.15, 0.2) is 18.2 Å². The Balaban J connectivity index is 2.13. The molecule has 0 heterocycles. The van der Waals surface area contributed by atoms with E-state index in [0.29, 0.717) is 17.6 Å². The summed E-state index contributed by atoms with van der Waals surface area (Å²) >= 11 is 0. The third-order valence-corrected chi connectivity index (χ3v) is 2.83. The topological polar surface area (TPSA) is 61.8 Å². The van der Waals surface area contributed by atoms with Gasteiger partial charge in [-0.25, -0.2) is 0 Å². The second-order valence-corrected chi connectivity index (χ2v) is 4.23. The lowest BCUT2D eigenvalue weighted by molar-refractivity contribution is 0.373. The van der Waals surface area contributed by atoms with E-state index in [0.717, 1.165) is 18.5 Å². The predicted octanol–water partition coefficient (Wildman–Crippen LogP) is 1.77. The summed E-state index contributed by atoms with van der Waals surface area (Å²) in [5.41, 5.74) is 8.53. The smallest absolute Gasteiger partial charge is 0.101 e. The van der Waals surface area contributed by atoms with Gasteiger partial charge < -0.3 is 11.1 Å². The van der Waals surface area contributed by atoms with Gasteiger partial charge in [0, 0.05) is 12.1 Å². The Kier molecular flexibility index (Phi) is 2.61. The molecule has 15 heavy (non-hydrogen) atoms. The number of hydrogen-bond donors (Lipinski definition) is 2. The van der Waals surface area contributed by atoms with Crippen molar-refractivity contribution in [1.29, 1.82) is 5.26 Å². The Morgan fingerprint density at radius 1 is 1.47 bits per heavy atom. The molecular weight excluding hydrogens is 186 g/mol. The van der Waals surface area contributed by atoms with Gasteiger partial charge in [-0.3, -0.25) is 0 Å². The first-order valence-electron chi connectivity index (χ1n) is 5.22. The summed E-state index contributed by atoms with van der Waals surface area (Å²) in [6.07, 6.45) is 2.00. The van der Waals surface area contributed by atoms with Gasteiger partial charge in [0.25, 0.3) is 0 Å². The van der Waals surface area contributed by atoms with Crippen molar-refractivity contribution in [3.8, 4) is 6.07 Å². The van der Waals surface area contributed by atoms with Gasteiger partial charge in [-0.2, -0.15) is 5.26 Å². The van der Waals surface area contributed by atoms with E-state index in [-0.39, 0.29) is 0 Å². The van der Waals surface area contributed by atoms with Crippen molar-refractivity contribution in [3.05, 3.63) is 29.3 Å². The van der Waals surface area contributed by atoms with E-state index in [1.165, 1.54) is 5.56 Å². The molecule has 3 N–H and O–H groups in total. The monoisotopic (exact) mass is 201 g/mol. The fraction of sp³-hybridized carbons (Fsp3) is 0.417. The zero-order chi connectivity index (χ0) is 10.8. The summed E-state index contributed by atoms with van der Waals surface area (Å²) in [6, 6.07) is 8.79. The van der Waals surface area contributed by atoms with E-state index in [2.05, 4.69) is 11.4 Å². The van der Waals surface area contributed by atoms with Gasteiger partial charge in [-0.05, 0) is 37.5 Å². The number of nitriles is 1. The first-order valence-corrected chi connectivity index (χ1v) is 5.22. The normalized spacial score (nSPS) is 24.1. The van der Waals surface area contributed by atoms with Crippen LogP contribution in [0, 0.1) is 18.3 Å². The van der Waals surface area contributed by atoms with Gasteiger partial charge in [0.15, 0.2) is 0 Å². The van der Waals surface area contributed by atoms with Crippen molar-refractivity contribution >= 4 is 5.69 Å². The van der Waals surface area contributed by atoms with E-state index in [1.54, 1.807) is 0 Å². The van der Waals surface area contributed by atoms with Crippen molar-refractivity contribution in [2.24, 2.45) is 5.73 Å². The molecule has 3 nitrogen and oxygen atoms in total. The molecule has 0 spiro atoms. The summed E-state index contributed by atoms with van der Waals surface area (Å²) in [7, 11) is 0. The Hall–Kier alpha value is -1.53. The largest absolute Gasteiger partial charge is 0.381 e. The van der Waals surface area contributed by atoms with Gasteiger partial charge >= 0.3 is 0 Å². The number of benzene rings is 1. The number of nitrogens with one attached hydrogen (secondary N) is 1. The minimum Gasteiger partial charge on any atom is -0.381 e. The fourth-order valence-corrected chi connectivity index (χ4v) is 1.87. The zero-order valence-corrected chi connectivity index (χ0v) is 8.83. The van der Waals surface area contributed by atoms with Crippen LogP contribution < -0.4 is 11.1 Å². The molecule has 2 rings (SSSR count). The van der Waals surface area contributed by atoms with Crippen LogP contribution in [-0.4, -0.2) is 12.1 Å². The summed E-state index contributed by atoms with van der Waals surface area (Å²) in [6.45, 7) is 2.03. The second-order valence-electron chi connectivity index (χ2n) is 4.23. The molecule has 1 aromatic rings. The van der Waals surface area contributed by atoms with E-state index >= 15 is 0 Å².